The lowest BCUT2D eigenvalue weighted by Gasteiger charge is -2.19. The number of carbonyl (C=O) groups excluding carboxylic acids is 1. The number of hydrogen-bond donors (Lipinski definition) is 0. The van der Waals surface area contributed by atoms with Gasteiger partial charge in [0.15, 0.2) is 0 Å². The van der Waals surface area contributed by atoms with Crippen molar-refractivity contribution in [3.8, 4) is 0 Å². The molecule has 0 N–H and O–H groups in total. The van der Waals surface area contributed by atoms with Gasteiger partial charge in [-0.3, -0.25) is 4.79 Å². The zero-order valence-electron chi connectivity index (χ0n) is 14.2. The van der Waals surface area contributed by atoms with Crippen molar-refractivity contribution in [2.45, 2.75) is 6.92 Å². The molecule has 25 heavy (non-hydrogen) atoms. The minimum Gasteiger partial charge on any atom is -0.464 e. The number of carbonyl (C=O) groups is 1. The molecule has 126 valence electrons. The van der Waals surface area contributed by atoms with Crippen molar-refractivity contribution in [2.75, 3.05) is 6.61 Å². The third-order valence-corrected chi connectivity index (χ3v) is 6.36. The summed E-state index contributed by atoms with van der Waals surface area (Å²) in [4.78, 5) is 10.0. The standard InChI is InChI=1S/C18H15P.C4H6O2/c1-4-10-16(11-5-1)19(17-12-6-2-7-13-17)18-14-8-3-9-15-18;1-3-2-6-4(3)5/h1-15H;3H,2H2,1H3/t;3-/m.0/s1. The molecule has 3 heteroatoms. The molecular formula is C22H21O2P. The molecule has 1 atom stereocenters. The van der Waals surface area contributed by atoms with Crippen LogP contribution in [0.1, 0.15) is 6.92 Å². The highest BCUT2D eigenvalue weighted by Gasteiger charge is 2.24. The van der Waals surface area contributed by atoms with E-state index in [1.807, 2.05) is 6.92 Å². The molecule has 0 unspecified atom stereocenters. The van der Waals surface area contributed by atoms with E-state index in [0.717, 1.165) is 0 Å². The molecule has 0 aromatic heterocycles. The summed E-state index contributed by atoms with van der Waals surface area (Å²) in [5.41, 5.74) is 0. The van der Waals surface area contributed by atoms with Gasteiger partial charge < -0.3 is 4.74 Å². The van der Waals surface area contributed by atoms with Gasteiger partial charge in [0.05, 0.1) is 5.92 Å². The van der Waals surface area contributed by atoms with Gasteiger partial charge in [-0.15, -0.1) is 0 Å². The molecular weight excluding hydrogens is 327 g/mol. The third-order valence-electron chi connectivity index (χ3n) is 3.92. The molecule has 3 aromatic rings. The fourth-order valence-electron chi connectivity index (χ4n) is 2.50. The van der Waals surface area contributed by atoms with E-state index in [-0.39, 0.29) is 11.9 Å². The Hall–Kier alpha value is -2.44. The van der Waals surface area contributed by atoms with Crippen LogP contribution in [0.2, 0.25) is 0 Å². The van der Waals surface area contributed by atoms with Crippen molar-refractivity contribution >= 4 is 29.8 Å². The van der Waals surface area contributed by atoms with E-state index in [4.69, 9.17) is 0 Å². The summed E-state index contributed by atoms with van der Waals surface area (Å²) in [6.07, 6.45) is 0. The predicted molar refractivity (Wildman–Crippen MR) is 105 cm³/mol. The first-order chi connectivity index (χ1) is 12.3. The van der Waals surface area contributed by atoms with Crippen LogP contribution in [0.15, 0.2) is 91.0 Å². The van der Waals surface area contributed by atoms with Crippen LogP contribution in [0.25, 0.3) is 0 Å². The first-order valence-electron chi connectivity index (χ1n) is 8.37. The van der Waals surface area contributed by atoms with Crippen molar-refractivity contribution in [1.82, 2.24) is 0 Å². The summed E-state index contributed by atoms with van der Waals surface area (Å²) in [7, 11) is -0.446. The monoisotopic (exact) mass is 348 g/mol. The highest BCUT2D eigenvalue weighted by atomic mass is 31.1. The topological polar surface area (TPSA) is 26.3 Å². The molecule has 0 spiro atoms. The van der Waals surface area contributed by atoms with Crippen LogP contribution in [0.5, 0.6) is 0 Å². The fraction of sp³-hybridized carbons (Fsp3) is 0.136. The van der Waals surface area contributed by atoms with Crippen molar-refractivity contribution in [1.29, 1.82) is 0 Å². The quantitative estimate of drug-likeness (QED) is 0.534. The zero-order valence-corrected chi connectivity index (χ0v) is 15.1. The molecule has 0 saturated carbocycles. The van der Waals surface area contributed by atoms with Gasteiger partial charge in [-0.2, -0.15) is 0 Å². The molecule has 0 amide bonds. The Bertz CT molecular complexity index is 694. The largest absolute Gasteiger partial charge is 0.464 e. The number of benzene rings is 3. The van der Waals surface area contributed by atoms with Crippen LogP contribution in [0.3, 0.4) is 0 Å². The zero-order chi connectivity index (χ0) is 17.5. The van der Waals surface area contributed by atoms with Crippen LogP contribution >= 0.6 is 7.92 Å². The van der Waals surface area contributed by atoms with E-state index in [1.165, 1.54) is 15.9 Å². The number of ether oxygens (including phenoxy) is 1. The summed E-state index contributed by atoms with van der Waals surface area (Å²) >= 11 is 0. The van der Waals surface area contributed by atoms with E-state index in [9.17, 15) is 4.79 Å². The Morgan fingerprint density at radius 1 is 0.720 bits per heavy atom. The van der Waals surface area contributed by atoms with Gasteiger partial charge in [-0.25, -0.2) is 0 Å². The minimum absolute atomic E-state index is 0.0602. The van der Waals surface area contributed by atoms with Crippen LogP contribution in [-0.4, -0.2) is 12.6 Å². The van der Waals surface area contributed by atoms with Gasteiger partial charge in [0.2, 0.25) is 0 Å². The predicted octanol–water partition coefficient (Wildman–Crippen LogP) is 3.62. The first-order valence-corrected chi connectivity index (χ1v) is 9.72. The Morgan fingerprint density at radius 2 is 1.04 bits per heavy atom. The number of esters is 1. The lowest BCUT2D eigenvalue weighted by Crippen LogP contribution is -2.31. The SMILES string of the molecule is C[C@H]1COC1=O.c1ccc(P(c2ccccc2)c2ccccc2)cc1. The maximum Gasteiger partial charge on any atom is 0.312 e. The van der Waals surface area contributed by atoms with Gasteiger partial charge in [0.1, 0.15) is 6.61 Å². The normalized spacial score (nSPS) is 15.6. The Morgan fingerprint density at radius 3 is 1.24 bits per heavy atom. The maximum atomic E-state index is 10.0. The van der Waals surface area contributed by atoms with Crippen molar-refractivity contribution in [3.05, 3.63) is 91.0 Å². The van der Waals surface area contributed by atoms with E-state index in [0.29, 0.717) is 6.61 Å². The van der Waals surface area contributed by atoms with E-state index < -0.39 is 7.92 Å². The molecule has 3 aromatic carbocycles. The maximum absolute atomic E-state index is 10.0. The van der Waals surface area contributed by atoms with Crippen LogP contribution < -0.4 is 15.9 Å². The lowest BCUT2D eigenvalue weighted by molar-refractivity contribution is -0.166. The molecule has 4 rings (SSSR count). The second-order valence-corrected chi connectivity index (χ2v) is 8.09. The van der Waals surface area contributed by atoms with E-state index in [1.54, 1.807) is 0 Å². The van der Waals surface area contributed by atoms with Gasteiger partial charge >= 0.3 is 5.97 Å². The lowest BCUT2D eigenvalue weighted by atomic mass is 10.1. The average Bonchev–Trinajstić information content (AvgIpc) is 2.70. The van der Waals surface area contributed by atoms with Gasteiger partial charge in [0, 0.05) is 0 Å². The average molecular weight is 348 g/mol. The van der Waals surface area contributed by atoms with Crippen LogP contribution in [0, 0.1) is 5.92 Å². The minimum atomic E-state index is -0.446. The number of rotatable bonds is 3. The van der Waals surface area contributed by atoms with Crippen LogP contribution in [0.4, 0.5) is 0 Å². The number of hydrogen-bond acceptors (Lipinski definition) is 2. The highest BCUT2D eigenvalue weighted by Crippen LogP contribution is 2.32. The van der Waals surface area contributed by atoms with Gasteiger partial charge in [0.25, 0.3) is 0 Å². The fourth-order valence-corrected chi connectivity index (χ4v) is 4.80. The molecule has 1 heterocycles. The number of cyclic esters (lactones) is 1. The van der Waals surface area contributed by atoms with E-state index >= 15 is 0 Å². The van der Waals surface area contributed by atoms with Crippen LogP contribution in [-0.2, 0) is 9.53 Å². The smallest absolute Gasteiger partial charge is 0.312 e. The molecule has 0 aliphatic carbocycles. The molecule has 1 fully saturated rings. The molecule has 1 aliphatic rings. The third kappa shape index (κ3) is 4.55. The van der Waals surface area contributed by atoms with Gasteiger partial charge in [-0.05, 0) is 30.8 Å². The second kappa shape index (κ2) is 8.60. The van der Waals surface area contributed by atoms with Gasteiger partial charge in [-0.1, -0.05) is 91.0 Å². The Balaban J connectivity index is 0.000000258. The Kier molecular flexibility index (Phi) is 5.98. The molecule has 2 nitrogen and oxygen atoms in total. The summed E-state index contributed by atoms with van der Waals surface area (Å²) in [5.74, 6) is 0.111. The summed E-state index contributed by atoms with van der Waals surface area (Å²) in [5, 5.41) is 4.19. The molecule has 1 aliphatic heterocycles. The summed E-state index contributed by atoms with van der Waals surface area (Å²) in [6, 6.07) is 32.3. The van der Waals surface area contributed by atoms with Crippen molar-refractivity contribution < 1.29 is 9.53 Å². The highest BCUT2D eigenvalue weighted by molar-refractivity contribution is 7.79. The Labute approximate surface area is 150 Å². The van der Waals surface area contributed by atoms with Crippen molar-refractivity contribution in [2.24, 2.45) is 5.92 Å². The summed E-state index contributed by atoms with van der Waals surface area (Å²) in [6.45, 7) is 2.48. The molecule has 1 saturated heterocycles. The second-order valence-electron chi connectivity index (χ2n) is 5.87. The van der Waals surface area contributed by atoms with Crippen molar-refractivity contribution in [3.63, 3.8) is 0 Å². The molecule has 0 radical (unpaired) electrons. The summed E-state index contributed by atoms with van der Waals surface area (Å²) < 4.78 is 4.40. The molecule has 0 bridgehead atoms. The first kappa shape index (κ1) is 17.4. The van der Waals surface area contributed by atoms with E-state index in [2.05, 4.69) is 95.7 Å².